The van der Waals surface area contributed by atoms with Gasteiger partial charge in [-0.05, 0) is 47.0 Å². The third-order valence-corrected chi connectivity index (χ3v) is 5.50. The number of amides is 1. The highest BCUT2D eigenvalue weighted by Gasteiger charge is 2.23. The number of nitrogens with one attached hydrogen (secondary N) is 1. The highest BCUT2D eigenvalue weighted by atomic mass is 32.1. The molecule has 0 spiro atoms. The molecule has 0 unspecified atom stereocenters. The zero-order valence-corrected chi connectivity index (χ0v) is 16.6. The van der Waals surface area contributed by atoms with Gasteiger partial charge in [0.05, 0.1) is 20.1 Å². The summed E-state index contributed by atoms with van der Waals surface area (Å²) in [5.74, 6) is 0.119. The Bertz CT molecular complexity index is 914. The Labute approximate surface area is 165 Å². The summed E-state index contributed by atoms with van der Waals surface area (Å²) in [7, 11) is 1.60. The van der Waals surface area contributed by atoms with Crippen molar-refractivity contribution in [3.05, 3.63) is 57.6 Å². The second-order valence-corrected chi connectivity index (χ2v) is 7.32. The molecule has 0 aliphatic rings. The van der Waals surface area contributed by atoms with Crippen LogP contribution in [-0.4, -0.2) is 25.6 Å². The lowest BCUT2D eigenvalue weighted by Crippen LogP contribution is -2.16. The maximum Gasteiger partial charge on any atom is 0.341 e. The molecule has 140 valence electrons. The lowest BCUT2D eigenvalue weighted by molar-refractivity contribution is -0.115. The third-order valence-electron chi connectivity index (χ3n) is 3.87. The van der Waals surface area contributed by atoms with E-state index in [4.69, 9.17) is 9.47 Å². The number of ether oxygens (including phenoxy) is 2. The molecule has 1 amide bonds. The summed E-state index contributed by atoms with van der Waals surface area (Å²) in [5, 5.41) is 9.08. The maximum absolute atomic E-state index is 12.6. The van der Waals surface area contributed by atoms with E-state index >= 15 is 0 Å². The molecule has 0 bridgehead atoms. The lowest BCUT2D eigenvalue weighted by atomic mass is 10.0. The maximum atomic E-state index is 12.6. The molecular weight excluding hydrogens is 382 g/mol. The van der Waals surface area contributed by atoms with Crippen LogP contribution in [0, 0.1) is 0 Å². The van der Waals surface area contributed by atoms with E-state index in [-0.39, 0.29) is 18.9 Å². The predicted molar refractivity (Wildman–Crippen MR) is 109 cm³/mol. The molecule has 3 aromatic rings. The molecule has 0 radical (unpaired) electrons. The van der Waals surface area contributed by atoms with E-state index in [2.05, 4.69) is 5.32 Å². The molecule has 2 aromatic heterocycles. The lowest BCUT2D eigenvalue weighted by Gasteiger charge is -2.09. The van der Waals surface area contributed by atoms with Crippen molar-refractivity contribution in [1.82, 2.24) is 0 Å². The number of rotatable bonds is 7. The number of benzene rings is 1. The summed E-state index contributed by atoms with van der Waals surface area (Å²) in [6, 6.07) is 9.32. The number of carbonyl (C=O) groups excluding carboxylic acids is 2. The molecule has 0 aliphatic carbocycles. The molecule has 7 heteroatoms. The number of esters is 1. The minimum Gasteiger partial charge on any atom is -0.497 e. The van der Waals surface area contributed by atoms with Crippen molar-refractivity contribution in [2.24, 2.45) is 0 Å². The van der Waals surface area contributed by atoms with E-state index in [0.29, 0.717) is 10.6 Å². The van der Waals surface area contributed by atoms with Crippen LogP contribution in [0.4, 0.5) is 5.00 Å². The van der Waals surface area contributed by atoms with E-state index in [0.717, 1.165) is 22.4 Å². The Morgan fingerprint density at radius 2 is 1.89 bits per heavy atom. The number of methoxy groups -OCH3 is 1. The van der Waals surface area contributed by atoms with Crippen LogP contribution in [-0.2, 0) is 16.0 Å². The summed E-state index contributed by atoms with van der Waals surface area (Å²) in [6.07, 6.45) is 0.265. The van der Waals surface area contributed by atoms with E-state index in [1.54, 1.807) is 25.4 Å². The highest BCUT2D eigenvalue weighted by Crippen LogP contribution is 2.37. The Balaban J connectivity index is 1.90. The first-order valence-corrected chi connectivity index (χ1v) is 10.2. The van der Waals surface area contributed by atoms with Crippen molar-refractivity contribution in [1.29, 1.82) is 0 Å². The summed E-state index contributed by atoms with van der Waals surface area (Å²) in [4.78, 5) is 24.9. The van der Waals surface area contributed by atoms with Gasteiger partial charge >= 0.3 is 5.97 Å². The average molecular weight is 402 g/mol. The van der Waals surface area contributed by atoms with E-state index in [9.17, 15) is 9.59 Å². The summed E-state index contributed by atoms with van der Waals surface area (Å²) < 4.78 is 10.4. The molecule has 1 aromatic carbocycles. The van der Waals surface area contributed by atoms with Crippen LogP contribution in [0.1, 0.15) is 22.8 Å². The zero-order valence-electron chi connectivity index (χ0n) is 15.0. The molecule has 27 heavy (non-hydrogen) atoms. The van der Waals surface area contributed by atoms with Crippen molar-refractivity contribution in [2.45, 2.75) is 13.3 Å². The summed E-state index contributed by atoms with van der Waals surface area (Å²) in [5.41, 5.74) is 2.91. The van der Waals surface area contributed by atoms with Crippen molar-refractivity contribution in [3.63, 3.8) is 0 Å². The van der Waals surface area contributed by atoms with Gasteiger partial charge in [-0.2, -0.15) is 11.3 Å². The third kappa shape index (κ3) is 4.56. The number of hydrogen-bond donors (Lipinski definition) is 1. The zero-order chi connectivity index (χ0) is 19.2. The van der Waals surface area contributed by atoms with Gasteiger partial charge in [-0.1, -0.05) is 12.1 Å². The monoisotopic (exact) mass is 401 g/mol. The molecule has 0 saturated carbocycles. The molecule has 0 aliphatic heterocycles. The largest absolute Gasteiger partial charge is 0.497 e. The van der Waals surface area contributed by atoms with Crippen LogP contribution in [0.25, 0.3) is 11.1 Å². The number of anilines is 1. The van der Waals surface area contributed by atoms with Crippen molar-refractivity contribution >= 4 is 39.6 Å². The van der Waals surface area contributed by atoms with Gasteiger partial charge in [0.15, 0.2) is 0 Å². The first-order chi connectivity index (χ1) is 13.1. The van der Waals surface area contributed by atoms with E-state index < -0.39 is 5.97 Å². The number of thiophene rings is 2. The second-order valence-electron chi connectivity index (χ2n) is 5.66. The van der Waals surface area contributed by atoms with Gasteiger partial charge in [-0.15, -0.1) is 11.3 Å². The quantitative estimate of drug-likeness (QED) is 0.575. The molecule has 0 saturated heterocycles. The van der Waals surface area contributed by atoms with Gasteiger partial charge in [-0.25, -0.2) is 4.79 Å². The fraction of sp³-hybridized carbons (Fsp3) is 0.200. The minimum absolute atomic E-state index is 0.165. The number of hydrogen-bond acceptors (Lipinski definition) is 6. The summed E-state index contributed by atoms with van der Waals surface area (Å²) >= 11 is 2.86. The second kappa shape index (κ2) is 8.83. The first kappa shape index (κ1) is 19.1. The van der Waals surface area contributed by atoms with Crippen LogP contribution >= 0.6 is 22.7 Å². The van der Waals surface area contributed by atoms with E-state index in [1.807, 2.05) is 46.5 Å². The van der Waals surface area contributed by atoms with Crippen LogP contribution in [0.5, 0.6) is 5.75 Å². The predicted octanol–water partition coefficient (Wildman–Crippen LogP) is 4.84. The smallest absolute Gasteiger partial charge is 0.341 e. The standard InChI is InChI=1S/C20H19NO4S2/c1-3-25-20(23)18-16(14-4-6-15(24-2)7-5-14)12-27-19(18)21-17(22)10-13-8-9-26-11-13/h4-9,11-12H,3,10H2,1-2H3,(H,21,22). The normalized spacial score (nSPS) is 10.4. The van der Waals surface area contributed by atoms with Crippen LogP contribution in [0.3, 0.4) is 0 Å². The van der Waals surface area contributed by atoms with Gasteiger partial charge in [0, 0.05) is 10.9 Å². The Hall–Kier alpha value is -2.64. The molecule has 2 heterocycles. The Morgan fingerprint density at radius 1 is 1.11 bits per heavy atom. The van der Waals surface area contributed by atoms with Gasteiger partial charge < -0.3 is 14.8 Å². The fourth-order valence-corrected chi connectivity index (χ4v) is 4.23. The van der Waals surface area contributed by atoms with Crippen molar-refractivity contribution < 1.29 is 19.1 Å². The Kier molecular flexibility index (Phi) is 6.26. The molecule has 0 atom stereocenters. The van der Waals surface area contributed by atoms with Crippen LogP contribution in [0.2, 0.25) is 0 Å². The average Bonchev–Trinajstić information content (AvgIpc) is 3.32. The van der Waals surface area contributed by atoms with Crippen molar-refractivity contribution in [3.8, 4) is 16.9 Å². The molecule has 5 nitrogen and oxygen atoms in total. The number of carbonyl (C=O) groups is 2. The minimum atomic E-state index is -0.449. The van der Waals surface area contributed by atoms with Gasteiger partial charge in [0.2, 0.25) is 5.91 Å². The topological polar surface area (TPSA) is 64.6 Å². The SMILES string of the molecule is CCOC(=O)c1c(-c2ccc(OC)cc2)csc1NC(=O)Cc1ccsc1. The van der Waals surface area contributed by atoms with Gasteiger partial charge in [0.25, 0.3) is 0 Å². The van der Waals surface area contributed by atoms with Crippen molar-refractivity contribution in [2.75, 3.05) is 19.0 Å². The molecule has 0 fully saturated rings. The Morgan fingerprint density at radius 3 is 2.52 bits per heavy atom. The molecular formula is C20H19NO4S2. The van der Waals surface area contributed by atoms with Gasteiger partial charge in [-0.3, -0.25) is 4.79 Å². The van der Waals surface area contributed by atoms with Crippen LogP contribution in [0.15, 0.2) is 46.5 Å². The molecule has 3 rings (SSSR count). The van der Waals surface area contributed by atoms with Gasteiger partial charge in [0.1, 0.15) is 16.3 Å². The van der Waals surface area contributed by atoms with Crippen LogP contribution < -0.4 is 10.1 Å². The molecule has 1 N–H and O–H groups in total. The summed E-state index contributed by atoms with van der Waals surface area (Å²) in [6.45, 7) is 2.02. The first-order valence-electron chi connectivity index (χ1n) is 8.36. The highest BCUT2D eigenvalue weighted by molar-refractivity contribution is 7.15. The fourth-order valence-electron chi connectivity index (χ4n) is 2.59. The van der Waals surface area contributed by atoms with E-state index in [1.165, 1.54) is 11.3 Å².